The highest BCUT2D eigenvalue weighted by Gasteiger charge is 2.42. The Balaban J connectivity index is 1.63. The van der Waals surface area contributed by atoms with Crippen LogP contribution < -0.4 is 4.90 Å². The van der Waals surface area contributed by atoms with Gasteiger partial charge in [-0.25, -0.2) is 0 Å². The molecule has 3 aliphatic rings. The van der Waals surface area contributed by atoms with Crippen LogP contribution in [-0.2, 0) is 0 Å². The average Bonchev–Trinajstić information content (AvgIpc) is 2.68. The summed E-state index contributed by atoms with van der Waals surface area (Å²) in [6.07, 6.45) is 5.02. The first-order valence-corrected chi connectivity index (χ1v) is 9.60. The van der Waals surface area contributed by atoms with E-state index >= 15 is 0 Å². The van der Waals surface area contributed by atoms with Crippen molar-refractivity contribution in [3.8, 4) is 0 Å². The molecule has 22 heavy (non-hydrogen) atoms. The van der Waals surface area contributed by atoms with Gasteiger partial charge in [-0.05, 0) is 44.1 Å². The molecule has 0 spiro atoms. The first-order valence-electron chi connectivity index (χ1n) is 8.62. The first-order chi connectivity index (χ1) is 10.7. The van der Waals surface area contributed by atoms with Crippen LogP contribution in [0, 0.1) is 0 Å². The Hall–Kier alpha value is -0.930. The molecule has 3 aliphatic heterocycles. The van der Waals surface area contributed by atoms with Gasteiger partial charge in [-0.2, -0.15) is 0 Å². The Morgan fingerprint density at radius 1 is 1.32 bits per heavy atom. The molecule has 0 aromatic heterocycles. The van der Waals surface area contributed by atoms with Gasteiger partial charge in [0.05, 0.1) is 5.69 Å². The molecular formula is C19H26N2S. The van der Waals surface area contributed by atoms with Crippen molar-refractivity contribution in [2.45, 2.75) is 43.5 Å². The molecule has 4 rings (SSSR count). The average molecular weight is 314 g/mol. The highest BCUT2D eigenvalue weighted by molar-refractivity contribution is 7.99. The van der Waals surface area contributed by atoms with Crippen molar-refractivity contribution in [3.05, 3.63) is 35.4 Å². The molecule has 0 unspecified atom stereocenters. The van der Waals surface area contributed by atoms with Crippen LogP contribution >= 0.6 is 11.8 Å². The Morgan fingerprint density at radius 2 is 2.23 bits per heavy atom. The lowest BCUT2D eigenvalue weighted by atomic mass is 9.89. The lowest BCUT2D eigenvalue weighted by Gasteiger charge is -2.38. The molecule has 2 atom stereocenters. The van der Waals surface area contributed by atoms with Crippen LogP contribution in [0.3, 0.4) is 0 Å². The molecule has 118 valence electrons. The molecule has 3 heterocycles. The lowest BCUT2D eigenvalue weighted by Crippen LogP contribution is -2.46. The van der Waals surface area contributed by atoms with E-state index in [0.717, 1.165) is 12.6 Å². The summed E-state index contributed by atoms with van der Waals surface area (Å²) in [5.74, 6) is 1.99. The zero-order valence-electron chi connectivity index (χ0n) is 13.7. The van der Waals surface area contributed by atoms with Gasteiger partial charge in [0.2, 0.25) is 0 Å². The number of piperidine rings is 1. The van der Waals surface area contributed by atoms with Crippen LogP contribution in [0.1, 0.15) is 38.2 Å². The van der Waals surface area contributed by atoms with Gasteiger partial charge in [0.25, 0.3) is 0 Å². The van der Waals surface area contributed by atoms with Gasteiger partial charge in [0.1, 0.15) is 0 Å². The fourth-order valence-electron chi connectivity index (χ4n) is 4.29. The van der Waals surface area contributed by atoms with Crippen LogP contribution in [-0.4, -0.2) is 42.9 Å². The summed E-state index contributed by atoms with van der Waals surface area (Å²) in [6, 6.07) is 7.76. The summed E-state index contributed by atoms with van der Waals surface area (Å²) in [6.45, 7) is 9.26. The minimum absolute atomic E-state index is 0.716. The number of hydrogen-bond acceptors (Lipinski definition) is 3. The van der Waals surface area contributed by atoms with E-state index in [4.69, 9.17) is 0 Å². The molecule has 0 bridgehead atoms. The van der Waals surface area contributed by atoms with Gasteiger partial charge in [-0.3, -0.25) is 4.90 Å². The van der Waals surface area contributed by atoms with E-state index in [1.807, 2.05) is 0 Å². The number of hydrogen-bond donors (Lipinski definition) is 0. The fraction of sp³-hybridized carbons (Fsp3) is 0.579. The molecule has 0 amide bonds. The second-order valence-corrected chi connectivity index (χ2v) is 8.23. The first kappa shape index (κ1) is 14.6. The van der Waals surface area contributed by atoms with E-state index in [1.54, 1.807) is 11.3 Å². The standard InChI is InChI=1S/C19H26N2S/c1-14(2)7-10-20-11-8-17-16(13-20)15-5-3-6-18-19(15)21(17)9-4-12-22-18/h3,5-7,16-17H,4,8-13H2,1-2H3/t16-,17-/m1/s1. The number of benzene rings is 1. The summed E-state index contributed by atoms with van der Waals surface area (Å²) in [5, 5.41) is 0. The zero-order valence-corrected chi connectivity index (χ0v) is 14.5. The van der Waals surface area contributed by atoms with Crippen LogP contribution in [0.4, 0.5) is 5.69 Å². The fourth-order valence-corrected chi connectivity index (χ4v) is 5.33. The molecule has 1 aromatic rings. The highest BCUT2D eigenvalue weighted by Crippen LogP contribution is 2.50. The van der Waals surface area contributed by atoms with Gasteiger partial charge in [0, 0.05) is 43.0 Å². The molecule has 1 aromatic carbocycles. The van der Waals surface area contributed by atoms with Crippen molar-refractivity contribution in [1.82, 2.24) is 4.90 Å². The summed E-state index contributed by atoms with van der Waals surface area (Å²) in [4.78, 5) is 6.93. The van der Waals surface area contributed by atoms with Gasteiger partial charge in [0.15, 0.2) is 0 Å². The quantitative estimate of drug-likeness (QED) is 0.758. The van der Waals surface area contributed by atoms with Crippen molar-refractivity contribution >= 4 is 17.4 Å². The molecule has 3 heteroatoms. The second-order valence-electron chi connectivity index (χ2n) is 7.09. The summed E-state index contributed by atoms with van der Waals surface area (Å²) < 4.78 is 0. The second kappa shape index (κ2) is 5.93. The highest BCUT2D eigenvalue weighted by atomic mass is 32.2. The number of anilines is 1. The molecule has 0 N–H and O–H groups in total. The molecule has 0 aliphatic carbocycles. The zero-order chi connectivity index (χ0) is 15.1. The Kier molecular flexibility index (Phi) is 3.95. The maximum atomic E-state index is 2.76. The molecule has 0 saturated carbocycles. The Bertz CT molecular complexity index is 591. The molecule has 2 nitrogen and oxygen atoms in total. The van der Waals surface area contributed by atoms with E-state index < -0.39 is 0 Å². The van der Waals surface area contributed by atoms with E-state index in [0.29, 0.717) is 5.92 Å². The third-order valence-corrected chi connectivity index (χ3v) is 6.47. The van der Waals surface area contributed by atoms with Gasteiger partial charge in [-0.1, -0.05) is 23.8 Å². The van der Waals surface area contributed by atoms with Crippen molar-refractivity contribution < 1.29 is 0 Å². The van der Waals surface area contributed by atoms with E-state index in [1.165, 1.54) is 48.7 Å². The van der Waals surface area contributed by atoms with Crippen LogP contribution in [0.25, 0.3) is 0 Å². The van der Waals surface area contributed by atoms with Crippen LogP contribution in [0.5, 0.6) is 0 Å². The van der Waals surface area contributed by atoms with Crippen molar-refractivity contribution in [1.29, 1.82) is 0 Å². The number of thioether (sulfide) groups is 1. The minimum Gasteiger partial charge on any atom is -0.367 e. The van der Waals surface area contributed by atoms with Crippen molar-refractivity contribution in [2.75, 3.05) is 36.8 Å². The van der Waals surface area contributed by atoms with Crippen molar-refractivity contribution in [3.63, 3.8) is 0 Å². The van der Waals surface area contributed by atoms with Crippen LogP contribution in [0.15, 0.2) is 34.7 Å². The number of allylic oxidation sites excluding steroid dienone is 1. The Morgan fingerprint density at radius 3 is 3.09 bits per heavy atom. The van der Waals surface area contributed by atoms with E-state index in [-0.39, 0.29) is 0 Å². The largest absolute Gasteiger partial charge is 0.367 e. The van der Waals surface area contributed by atoms with Gasteiger partial charge >= 0.3 is 0 Å². The van der Waals surface area contributed by atoms with Crippen LogP contribution in [0.2, 0.25) is 0 Å². The molecule has 1 fully saturated rings. The van der Waals surface area contributed by atoms with Gasteiger partial charge < -0.3 is 4.90 Å². The minimum atomic E-state index is 0.716. The summed E-state index contributed by atoms with van der Waals surface area (Å²) >= 11 is 2.06. The Labute approximate surface area is 138 Å². The normalized spacial score (nSPS) is 27.1. The lowest BCUT2D eigenvalue weighted by molar-refractivity contribution is 0.211. The third kappa shape index (κ3) is 2.48. The predicted molar refractivity (Wildman–Crippen MR) is 96.1 cm³/mol. The molecule has 1 saturated heterocycles. The maximum Gasteiger partial charge on any atom is 0.0543 e. The number of para-hydroxylation sites is 1. The van der Waals surface area contributed by atoms with Gasteiger partial charge in [-0.15, -0.1) is 11.8 Å². The smallest absolute Gasteiger partial charge is 0.0543 e. The van der Waals surface area contributed by atoms with E-state index in [2.05, 4.69) is 59.7 Å². The topological polar surface area (TPSA) is 6.48 Å². The molecule has 0 radical (unpaired) electrons. The number of nitrogens with zero attached hydrogens (tertiary/aromatic N) is 2. The maximum absolute atomic E-state index is 2.76. The van der Waals surface area contributed by atoms with Crippen molar-refractivity contribution in [2.24, 2.45) is 0 Å². The predicted octanol–water partition coefficient (Wildman–Crippen LogP) is 4.13. The van der Waals surface area contributed by atoms with E-state index in [9.17, 15) is 0 Å². The number of likely N-dealkylation sites (tertiary alicyclic amines) is 1. The third-order valence-electron chi connectivity index (χ3n) is 5.34. The SMILES string of the molecule is CC(C)=CCN1CC[C@@H]2[C@H](C1)c1cccc3c1N2CCCS3. The number of rotatable bonds is 2. The number of fused-ring (bicyclic) bond motifs is 3. The summed E-state index contributed by atoms with van der Waals surface area (Å²) in [7, 11) is 0. The molecular weight excluding hydrogens is 288 g/mol. The monoisotopic (exact) mass is 314 g/mol. The summed E-state index contributed by atoms with van der Waals surface area (Å²) in [5.41, 5.74) is 4.64.